The summed E-state index contributed by atoms with van der Waals surface area (Å²) in [5, 5.41) is 12.2. The molecule has 0 heterocycles. The number of carbonyl (C=O) groups is 2. The molecule has 2 N–H and O–H groups in total. The van der Waals surface area contributed by atoms with Gasteiger partial charge in [0.25, 0.3) is 0 Å². The number of carboxylic acid groups (broad SMARTS) is 1. The lowest BCUT2D eigenvalue weighted by molar-refractivity contribution is -0.139. The Kier molecular flexibility index (Phi) is 7.07. The topological polar surface area (TPSA) is 75.6 Å². The van der Waals surface area contributed by atoms with E-state index in [1.54, 1.807) is 32.2 Å². The van der Waals surface area contributed by atoms with E-state index in [9.17, 15) is 14.7 Å². The summed E-state index contributed by atoms with van der Waals surface area (Å²) in [6, 6.07) is 7.15. The molecular formula is C18H27NO4. The molecule has 1 aromatic rings. The largest absolute Gasteiger partial charge is 0.497 e. The van der Waals surface area contributed by atoms with Gasteiger partial charge in [0.1, 0.15) is 5.75 Å². The molecule has 23 heavy (non-hydrogen) atoms. The molecule has 0 aliphatic heterocycles. The van der Waals surface area contributed by atoms with Gasteiger partial charge in [0.05, 0.1) is 19.1 Å². The van der Waals surface area contributed by atoms with E-state index in [1.807, 2.05) is 6.07 Å². The molecule has 1 rings (SSSR count). The number of hydrogen-bond donors (Lipinski definition) is 2. The van der Waals surface area contributed by atoms with E-state index in [0.717, 1.165) is 18.4 Å². The second-order valence-corrected chi connectivity index (χ2v) is 6.07. The van der Waals surface area contributed by atoms with Crippen molar-refractivity contribution >= 4 is 11.9 Å². The second-order valence-electron chi connectivity index (χ2n) is 6.07. The standard InChI is InChI=1S/C18H27NO4/c1-5-13(6-2)10-16(20)19-18(3,12-17(21)22)14-8-7-9-15(11-14)23-4/h7-9,11,13H,5-6,10,12H2,1-4H3,(H,19,20)(H,21,22). The van der Waals surface area contributed by atoms with Gasteiger partial charge in [-0.1, -0.05) is 38.8 Å². The number of hydrogen-bond acceptors (Lipinski definition) is 3. The Labute approximate surface area is 138 Å². The van der Waals surface area contributed by atoms with E-state index in [4.69, 9.17) is 4.74 Å². The highest BCUT2D eigenvalue weighted by atomic mass is 16.5. The maximum absolute atomic E-state index is 12.4. The Morgan fingerprint density at radius 2 is 1.96 bits per heavy atom. The summed E-state index contributed by atoms with van der Waals surface area (Å²) in [6.07, 6.45) is 2.08. The lowest BCUT2D eigenvalue weighted by atomic mass is 9.87. The Bertz CT molecular complexity index is 540. The van der Waals surface area contributed by atoms with Crippen molar-refractivity contribution < 1.29 is 19.4 Å². The van der Waals surface area contributed by atoms with Crippen LogP contribution < -0.4 is 10.1 Å². The zero-order valence-electron chi connectivity index (χ0n) is 14.4. The summed E-state index contributed by atoms with van der Waals surface area (Å²) in [5.41, 5.74) is -0.249. The number of carbonyl (C=O) groups excluding carboxylic acids is 1. The molecule has 1 aromatic carbocycles. The predicted molar refractivity (Wildman–Crippen MR) is 89.4 cm³/mol. The Morgan fingerprint density at radius 3 is 2.48 bits per heavy atom. The van der Waals surface area contributed by atoms with Crippen molar-refractivity contribution in [3.05, 3.63) is 29.8 Å². The third-order valence-electron chi connectivity index (χ3n) is 4.26. The van der Waals surface area contributed by atoms with E-state index >= 15 is 0 Å². The molecule has 5 nitrogen and oxygen atoms in total. The molecule has 0 aliphatic carbocycles. The first-order valence-corrected chi connectivity index (χ1v) is 8.02. The SMILES string of the molecule is CCC(CC)CC(=O)NC(C)(CC(=O)O)c1cccc(OC)c1. The van der Waals surface area contributed by atoms with Crippen LogP contribution in [0.5, 0.6) is 5.75 Å². The van der Waals surface area contributed by atoms with Gasteiger partial charge in [0.15, 0.2) is 0 Å². The van der Waals surface area contributed by atoms with Crippen molar-refractivity contribution in [1.82, 2.24) is 5.32 Å². The van der Waals surface area contributed by atoms with E-state index < -0.39 is 11.5 Å². The van der Waals surface area contributed by atoms with Crippen molar-refractivity contribution in [3.8, 4) is 5.75 Å². The molecule has 0 saturated carbocycles. The summed E-state index contributed by atoms with van der Waals surface area (Å²) < 4.78 is 5.20. The minimum absolute atomic E-state index is 0.120. The molecule has 1 amide bonds. The van der Waals surface area contributed by atoms with Crippen LogP contribution in [0, 0.1) is 5.92 Å². The lowest BCUT2D eigenvalue weighted by Gasteiger charge is -2.31. The fraction of sp³-hybridized carbons (Fsp3) is 0.556. The number of benzene rings is 1. The van der Waals surface area contributed by atoms with Crippen molar-refractivity contribution in [2.24, 2.45) is 5.92 Å². The van der Waals surface area contributed by atoms with Crippen molar-refractivity contribution in [2.75, 3.05) is 7.11 Å². The first-order chi connectivity index (χ1) is 10.8. The maximum Gasteiger partial charge on any atom is 0.306 e. The van der Waals surface area contributed by atoms with Crippen LogP contribution in [0.1, 0.15) is 52.0 Å². The molecule has 0 bridgehead atoms. The van der Waals surface area contributed by atoms with Crippen molar-refractivity contribution in [2.45, 2.75) is 52.0 Å². The highest BCUT2D eigenvalue weighted by Gasteiger charge is 2.32. The van der Waals surface area contributed by atoms with Gasteiger partial charge >= 0.3 is 5.97 Å². The van der Waals surface area contributed by atoms with Crippen molar-refractivity contribution in [3.63, 3.8) is 0 Å². The van der Waals surface area contributed by atoms with E-state index in [0.29, 0.717) is 18.1 Å². The highest BCUT2D eigenvalue weighted by molar-refractivity contribution is 5.79. The minimum atomic E-state index is -0.969. The van der Waals surface area contributed by atoms with Crippen LogP contribution in [0.3, 0.4) is 0 Å². The number of amides is 1. The molecule has 5 heteroatoms. The summed E-state index contributed by atoms with van der Waals surface area (Å²) >= 11 is 0. The lowest BCUT2D eigenvalue weighted by Crippen LogP contribution is -2.45. The summed E-state index contributed by atoms with van der Waals surface area (Å²) in [6.45, 7) is 5.85. The fourth-order valence-corrected chi connectivity index (χ4v) is 2.69. The smallest absolute Gasteiger partial charge is 0.306 e. The third kappa shape index (κ3) is 5.58. The first-order valence-electron chi connectivity index (χ1n) is 8.02. The van der Waals surface area contributed by atoms with Crippen LogP contribution in [0.2, 0.25) is 0 Å². The molecule has 1 unspecified atom stereocenters. The van der Waals surface area contributed by atoms with Crippen LogP contribution in [0.15, 0.2) is 24.3 Å². The van der Waals surface area contributed by atoms with Crippen LogP contribution in [0.25, 0.3) is 0 Å². The molecule has 0 spiro atoms. The Hall–Kier alpha value is -2.04. The van der Waals surface area contributed by atoms with Gasteiger partial charge in [-0.2, -0.15) is 0 Å². The second kappa shape index (κ2) is 8.56. The van der Waals surface area contributed by atoms with E-state index in [1.165, 1.54) is 0 Å². The van der Waals surface area contributed by atoms with Gasteiger partial charge < -0.3 is 15.2 Å². The summed E-state index contributed by atoms with van der Waals surface area (Å²) in [5.74, 6) is -0.133. The minimum Gasteiger partial charge on any atom is -0.497 e. The highest BCUT2D eigenvalue weighted by Crippen LogP contribution is 2.28. The molecule has 0 aliphatic rings. The van der Waals surface area contributed by atoms with Gasteiger partial charge in [-0.25, -0.2) is 0 Å². The molecule has 0 saturated heterocycles. The number of rotatable bonds is 9. The fourth-order valence-electron chi connectivity index (χ4n) is 2.69. The van der Waals surface area contributed by atoms with Crippen LogP contribution in [0.4, 0.5) is 0 Å². The number of nitrogens with one attached hydrogen (secondary N) is 1. The van der Waals surface area contributed by atoms with Crippen LogP contribution in [-0.4, -0.2) is 24.1 Å². The summed E-state index contributed by atoms with van der Waals surface area (Å²) in [7, 11) is 1.55. The molecule has 0 fully saturated rings. The van der Waals surface area contributed by atoms with Gasteiger partial charge in [-0.3, -0.25) is 9.59 Å². The van der Waals surface area contributed by atoms with E-state index in [2.05, 4.69) is 19.2 Å². The third-order valence-corrected chi connectivity index (χ3v) is 4.26. The monoisotopic (exact) mass is 321 g/mol. The molecular weight excluding hydrogens is 294 g/mol. The quantitative estimate of drug-likeness (QED) is 0.731. The Morgan fingerprint density at radius 1 is 1.30 bits per heavy atom. The average Bonchev–Trinajstić information content (AvgIpc) is 2.51. The average molecular weight is 321 g/mol. The van der Waals surface area contributed by atoms with Crippen LogP contribution in [-0.2, 0) is 15.1 Å². The first kappa shape index (κ1) is 19.0. The van der Waals surface area contributed by atoms with Gasteiger partial charge in [-0.15, -0.1) is 0 Å². The van der Waals surface area contributed by atoms with Gasteiger partial charge in [0, 0.05) is 6.42 Å². The van der Waals surface area contributed by atoms with Crippen LogP contribution >= 0.6 is 0 Å². The molecule has 0 radical (unpaired) electrons. The normalized spacial score (nSPS) is 13.4. The Balaban J connectivity index is 3.01. The number of ether oxygens (including phenoxy) is 1. The summed E-state index contributed by atoms with van der Waals surface area (Å²) in [4.78, 5) is 23.6. The number of methoxy groups -OCH3 is 1. The van der Waals surface area contributed by atoms with Gasteiger partial charge in [0.2, 0.25) is 5.91 Å². The number of aliphatic carboxylic acids is 1. The van der Waals surface area contributed by atoms with Gasteiger partial charge in [-0.05, 0) is 30.5 Å². The molecule has 0 aromatic heterocycles. The number of carboxylic acids is 1. The zero-order chi connectivity index (χ0) is 17.5. The zero-order valence-corrected chi connectivity index (χ0v) is 14.4. The van der Waals surface area contributed by atoms with E-state index in [-0.39, 0.29) is 12.3 Å². The van der Waals surface area contributed by atoms with Crippen molar-refractivity contribution in [1.29, 1.82) is 0 Å². The molecule has 1 atom stereocenters. The predicted octanol–water partition coefficient (Wildman–Crippen LogP) is 3.33. The molecule has 128 valence electrons. The maximum atomic E-state index is 12.4.